The molecule has 0 N–H and O–H groups in total. The summed E-state index contributed by atoms with van der Waals surface area (Å²) >= 11 is 0. The van der Waals surface area contributed by atoms with Crippen molar-refractivity contribution in [2.45, 2.75) is 25.0 Å². The molecule has 10 heteroatoms. The SMILES string of the molecule is O=C=O.[N-]=[N+]=NC/C=C/CC(Cc1ccccc1)(N=[N+]=[N-])C(=O)OCc1ccccc1. The second-order valence-electron chi connectivity index (χ2n) is 6.12. The number of azide groups is 2. The van der Waals surface area contributed by atoms with Gasteiger partial charge < -0.3 is 4.74 Å². The van der Waals surface area contributed by atoms with E-state index in [4.69, 9.17) is 25.4 Å². The van der Waals surface area contributed by atoms with Crippen LogP contribution in [0.1, 0.15) is 17.5 Å². The number of ether oxygens (including phenoxy) is 1. The molecule has 31 heavy (non-hydrogen) atoms. The second-order valence-corrected chi connectivity index (χ2v) is 6.12. The Bertz CT molecular complexity index is 977. The second kappa shape index (κ2) is 14.6. The number of benzene rings is 2. The van der Waals surface area contributed by atoms with Crippen LogP contribution in [-0.2, 0) is 32.1 Å². The van der Waals surface area contributed by atoms with E-state index >= 15 is 0 Å². The van der Waals surface area contributed by atoms with Gasteiger partial charge in [0.25, 0.3) is 0 Å². The molecule has 0 saturated heterocycles. The highest BCUT2D eigenvalue weighted by Crippen LogP contribution is 2.26. The predicted molar refractivity (Wildman–Crippen MR) is 111 cm³/mol. The van der Waals surface area contributed by atoms with Crippen LogP contribution in [0.3, 0.4) is 0 Å². The van der Waals surface area contributed by atoms with Crippen LogP contribution in [0.5, 0.6) is 0 Å². The van der Waals surface area contributed by atoms with E-state index in [0.29, 0.717) is 0 Å². The van der Waals surface area contributed by atoms with Crippen molar-refractivity contribution in [1.82, 2.24) is 0 Å². The van der Waals surface area contributed by atoms with E-state index in [1.165, 1.54) is 0 Å². The van der Waals surface area contributed by atoms with Crippen molar-refractivity contribution < 1.29 is 19.1 Å². The molecule has 0 amide bonds. The first-order chi connectivity index (χ1) is 15.1. The van der Waals surface area contributed by atoms with Gasteiger partial charge in [-0.3, -0.25) is 4.79 Å². The summed E-state index contributed by atoms with van der Waals surface area (Å²) in [6.45, 7) is 0.229. The smallest absolute Gasteiger partial charge is 0.373 e. The minimum atomic E-state index is -1.43. The van der Waals surface area contributed by atoms with Gasteiger partial charge in [0.2, 0.25) is 0 Å². The van der Waals surface area contributed by atoms with Crippen molar-refractivity contribution in [3.05, 3.63) is 105 Å². The zero-order valence-electron chi connectivity index (χ0n) is 16.6. The Labute approximate surface area is 178 Å². The molecule has 2 aromatic rings. The molecule has 1 unspecified atom stereocenters. The topological polar surface area (TPSA) is 158 Å². The van der Waals surface area contributed by atoms with Crippen molar-refractivity contribution in [2.75, 3.05) is 6.54 Å². The summed E-state index contributed by atoms with van der Waals surface area (Å²) in [7, 11) is 0. The molecule has 0 aromatic heterocycles. The molecule has 0 heterocycles. The minimum absolute atomic E-state index is 0.0829. The summed E-state index contributed by atoms with van der Waals surface area (Å²) in [5.74, 6) is -0.605. The molecule has 0 saturated carbocycles. The quantitative estimate of drug-likeness (QED) is 0.179. The third kappa shape index (κ3) is 9.13. The molecule has 0 spiro atoms. The molecule has 0 aliphatic rings. The van der Waals surface area contributed by atoms with Gasteiger partial charge in [0, 0.05) is 16.4 Å². The van der Waals surface area contributed by atoms with Gasteiger partial charge in [-0.05, 0) is 35.0 Å². The number of carbonyl (C=O) groups is 1. The number of hydrogen-bond acceptors (Lipinski definition) is 6. The molecule has 2 rings (SSSR count). The maximum atomic E-state index is 12.9. The molecule has 0 radical (unpaired) electrons. The average Bonchev–Trinajstić information content (AvgIpc) is 2.79. The Kier molecular flexibility index (Phi) is 11.6. The van der Waals surface area contributed by atoms with E-state index in [0.717, 1.165) is 11.1 Å². The van der Waals surface area contributed by atoms with Gasteiger partial charge in [0.1, 0.15) is 6.61 Å². The monoisotopic (exact) mass is 420 g/mol. The molecular weight excluding hydrogens is 400 g/mol. The molecule has 2 aromatic carbocycles. The molecular formula is C21H20N6O4. The summed E-state index contributed by atoms with van der Waals surface area (Å²) in [5, 5.41) is 7.25. The Hall–Kier alpha value is -4.35. The Morgan fingerprint density at radius 3 is 2.10 bits per heavy atom. The average molecular weight is 420 g/mol. The van der Waals surface area contributed by atoms with E-state index in [1.54, 1.807) is 12.2 Å². The summed E-state index contributed by atoms with van der Waals surface area (Å²) in [4.78, 5) is 34.8. The maximum Gasteiger partial charge on any atom is 0.373 e. The van der Waals surface area contributed by atoms with Crippen LogP contribution in [0.15, 0.2) is 83.0 Å². The predicted octanol–water partition coefficient (Wildman–Crippen LogP) is 4.69. The summed E-state index contributed by atoms with van der Waals surface area (Å²) in [5.41, 5.74) is 17.7. The lowest BCUT2D eigenvalue weighted by atomic mass is 9.88. The van der Waals surface area contributed by atoms with Crippen LogP contribution in [0.4, 0.5) is 0 Å². The number of carbonyl (C=O) groups excluding carboxylic acids is 3. The van der Waals surface area contributed by atoms with E-state index in [-0.39, 0.29) is 32.1 Å². The van der Waals surface area contributed by atoms with Gasteiger partial charge in [-0.25, -0.2) is 0 Å². The van der Waals surface area contributed by atoms with E-state index in [1.807, 2.05) is 60.7 Å². The van der Waals surface area contributed by atoms with Crippen LogP contribution in [0.2, 0.25) is 0 Å². The molecule has 0 aliphatic carbocycles. The number of hydrogen-bond donors (Lipinski definition) is 0. The zero-order chi connectivity index (χ0) is 22.8. The van der Waals surface area contributed by atoms with Gasteiger partial charge in [0.05, 0.1) is 0 Å². The van der Waals surface area contributed by atoms with Crippen LogP contribution < -0.4 is 0 Å². The van der Waals surface area contributed by atoms with Gasteiger partial charge in [-0.15, -0.1) is 0 Å². The van der Waals surface area contributed by atoms with Crippen molar-refractivity contribution >= 4 is 12.1 Å². The fraction of sp³-hybridized carbons (Fsp3) is 0.238. The normalized spacial score (nSPS) is 11.5. The van der Waals surface area contributed by atoms with Crippen molar-refractivity contribution in [3.63, 3.8) is 0 Å². The third-order valence-electron chi connectivity index (χ3n) is 4.04. The first kappa shape index (κ1) is 24.7. The van der Waals surface area contributed by atoms with Crippen LogP contribution >= 0.6 is 0 Å². The zero-order valence-corrected chi connectivity index (χ0v) is 16.6. The molecule has 0 fully saturated rings. The van der Waals surface area contributed by atoms with Crippen molar-refractivity contribution in [2.24, 2.45) is 10.2 Å². The van der Waals surface area contributed by atoms with Gasteiger partial charge >= 0.3 is 12.1 Å². The lowest BCUT2D eigenvalue weighted by Crippen LogP contribution is -2.40. The molecule has 10 nitrogen and oxygen atoms in total. The van der Waals surface area contributed by atoms with Crippen molar-refractivity contribution in [1.29, 1.82) is 0 Å². The lowest BCUT2D eigenvalue weighted by Gasteiger charge is -2.25. The Morgan fingerprint density at radius 1 is 0.968 bits per heavy atom. The fourth-order valence-electron chi connectivity index (χ4n) is 2.66. The Morgan fingerprint density at radius 2 is 1.55 bits per heavy atom. The first-order valence-electron chi connectivity index (χ1n) is 9.08. The summed E-state index contributed by atoms with van der Waals surface area (Å²) in [6.07, 6.45) is 3.85. The van der Waals surface area contributed by atoms with Gasteiger partial charge in [-0.2, -0.15) is 9.59 Å². The highest BCUT2D eigenvalue weighted by Gasteiger charge is 2.38. The van der Waals surface area contributed by atoms with Crippen LogP contribution in [0.25, 0.3) is 20.9 Å². The molecule has 158 valence electrons. The number of esters is 1. The standard InChI is InChI=1S/C20H20N6O2.CO2/c21-25-23-14-8-7-13-20(24-26-22,15-17-9-3-1-4-10-17)19(27)28-16-18-11-5-2-6-12-18;2-1-3/h1-12H,13-16H2;/b8-7+;. The fourth-order valence-corrected chi connectivity index (χ4v) is 2.66. The van der Waals surface area contributed by atoms with Crippen molar-refractivity contribution in [3.8, 4) is 0 Å². The highest BCUT2D eigenvalue weighted by atomic mass is 16.5. The van der Waals surface area contributed by atoms with Gasteiger partial charge in [-0.1, -0.05) is 83.0 Å². The number of rotatable bonds is 10. The summed E-state index contributed by atoms with van der Waals surface area (Å²) < 4.78 is 5.48. The first-order valence-corrected chi connectivity index (χ1v) is 9.08. The summed E-state index contributed by atoms with van der Waals surface area (Å²) in [6, 6.07) is 18.6. The van der Waals surface area contributed by atoms with Crippen LogP contribution in [0, 0.1) is 0 Å². The molecule has 0 bridgehead atoms. The van der Waals surface area contributed by atoms with E-state index < -0.39 is 11.5 Å². The Balaban J connectivity index is 0.00000151. The van der Waals surface area contributed by atoms with E-state index in [9.17, 15) is 4.79 Å². The highest BCUT2D eigenvalue weighted by molar-refractivity contribution is 5.82. The molecule has 0 aliphatic heterocycles. The third-order valence-corrected chi connectivity index (χ3v) is 4.04. The largest absolute Gasteiger partial charge is 0.460 e. The maximum absolute atomic E-state index is 12.9. The minimum Gasteiger partial charge on any atom is -0.460 e. The number of nitrogens with zero attached hydrogens (tertiary/aromatic N) is 6. The molecule has 1 atom stereocenters. The van der Waals surface area contributed by atoms with E-state index in [2.05, 4.69) is 20.1 Å². The lowest BCUT2D eigenvalue weighted by molar-refractivity contribution is -0.191. The van der Waals surface area contributed by atoms with Gasteiger partial charge in [0.15, 0.2) is 5.54 Å². The van der Waals surface area contributed by atoms with Crippen LogP contribution in [-0.4, -0.2) is 24.2 Å².